The minimum atomic E-state index is 0.840. The first kappa shape index (κ1) is 12.0. The molecule has 0 radical (unpaired) electrons. The van der Waals surface area contributed by atoms with Crippen molar-refractivity contribution in [2.45, 2.75) is 46.1 Å². The maximum atomic E-state index is 6.43. The van der Waals surface area contributed by atoms with Gasteiger partial charge in [-0.15, -0.1) is 0 Å². The fourth-order valence-electron chi connectivity index (χ4n) is 2.96. The molecule has 1 aromatic carbocycles. The molecule has 3 heteroatoms. The van der Waals surface area contributed by atoms with E-state index in [1.807, 2.05) is 0 Å². The molecular formula is C15H19ClN2. The number of rotatable bonds is 0. The zero-order valence-corrected chi connectivity index (χ0v) is 11.8. The molecule has 3 rings (SSSR count). The van der Waals surface area contributed by atoms with Gasteiger partial charge in [-0.3, -0.25) is 0 Å². The monoisotopic (exact) mass is 262 g/mol. The number of aliphatic imine (C=N–C) groups is 1. The largest absolute Gasteiger partial charge is 0.356 e. The summed E-state index contributed by atoms with van der Waals surface area (Å²) in [6.45, 7) is 6.36. The maximum Gasteiger partial charge on any atom is 0.105 e. The van der Waals surface area contributed by atoms with Gasteiger partial charge in [-0.05, 0) is 37.8 Å². The molecule has 0 N–H and O–H groups in total. The Morgan fingerprint density at radius 2 is 2.00 bits per heavy atom. The van der Waals surface area contributed by atoms with Crippen molar-refractivity contribution in [3.05, 3.63) is 27.8 Å². The zero-order valence-electron chi connectivity index (χ0n) is 11.1. The van der Waals surface area contributed by atoms with Gasteiger partial charge < -0.3 is 4.90 Å². The third-order valence-electron chi connectivity index (χ3n) is 4.03. The molecule has 0 atom stereocenters. The number of fused-ring (bicyclic) bond motifs is 2. The van der Waals surface area contributed by atoms with Crippen molar-refractivity contribution in [1.29, 1.82) is 0 Å². The number of benzene rings is 1. The molecular weight excluding hydrogens is 244 g/mol. The van der Waals surface area contributed by atoms with Crippen molar-refractivity contribution in [1.82, 2.24) is 4.90 Å². The van der Waals surface area contributed by atoms with Gasteiger partial charge in [0.1, 0.15) is 5.84 Å². The van der Waals surface area contributed by atoms with Crippen molar-refractivity contribution in [3.63, 3.8) is 0 Å². The summed E-state index contributed by atoms with van der Waals surface area (Å²) < 4.78 is 0. The topological polar surface area (TPSA) is 15.6 Å². The molecule has 1 fully saturated rings. The van der Waals surface area contributed by atoms with Crippen LogP contribution in [0.2, 0.25) is 5.02 Å². The first-order valence-corrected chi connectivity index (χ1v) is 7.15. The highest BCUT2D eigenvalue weighted by Gasteiger charge is 2.24. The molecule has 2 aliphatic rings. The molecule has 18 heavy (non-hydrogen) atoms. The number of hydrogen-bond donors (Lipinski definition) is 0. The van der Waals surface area contributed by atoms with Crippen LogP contribution in [-0.2, 0) is 6.54 Å². The summed E-state index contributed by atoms with van der Waals surface area (Å²) in [5, 5.41) is 0.840. The van der Waals surface area contributed by atoms with Crippen molar-refractivity contribution in [3.8, 4) is 0 Å². The van der Waals surface area contributed by atoms with Gasteiger partial charge in [-0.25, -0.2) is 4.99 Å². The predicted octanol–water partition coefficient (Wildman–Crippen LogP) is 4.38. The first-order valence-electron chi connectivity index (χ1n) is 6.78. The van der Waals surface area contributed by atoms with Crippen LogP contribution in [0.15, 0.2) is 11.1 Å². The Hall–Kier alpha value is -1.02. The Morgan fingerprint density at radius 3 is 2.83 bits per heavy atom. The third kappa shape index (κ3) is 1.93. The van der Waals surface area contributed by atoms with Crippen molar-refractivity contribution in [2.75, 3.05) is 6.54 Å². The van der Waals surface area contributed by atoms with Crippen molar-refractivity contribution in [2.24, 2.45) is 4.99 Å². The highest BCUT2D eigenvalue weighted by Crippen LogP contribution is 2.39. The van der Waals surface area contributed by atoms with Crippen LogP contribution in [0.1, 0.15) is 42.4 Å². The minimum Gasteiger partial charge on any atom is -0.356 e. The van der Waals surface area contributed by atoms with E-state index in [0.717, 1.165) is 35.8 Å². The van der Waals surface area contributed by atoms with Gasteiger partial charge in [0.2, 0.25) is 0 Å². The highest BCUT2D eigenvalue weighted by atomic mass is 35.5. The summed E-state index contributed by atoms with van der Waals surface area (Å²) in [4.78, 5) is 7.30. The smallest absolute Gasteiger partial charge is 0.105 e. The molecule has 2 aliphatic heterocycles. The molecule has 0 spiro atoms. The molecule has 0 aliphatic carbocycles. The molecule has 2 nitrogen and oxygen atoms in total. The van der Waals surface area contributed by atoms with Gasteiger partial charge >= 0.3 is 0 Å². The van der Waals surface area contributed by atoms with Crippen molar-refractivity contribution >= 4 is 23.1 Å². The summed E-state index contributed by atoms with van der Waals surface area (Å²) in [7, 11) is 0. The molecule has 1 aromatic rings. The number of hydrogen-bond acceptors (Lipinski definition) is 2. The van der Waals surface area contributed by atoms with E-state index >= 15 is 0 Å². The van der Waals surface area contributed by atoms with Crippen LogP contribution >= 0.6 is 11.6 Å². The summed E-state index contributed by atoms with van der Waals surface area (Å²) in [5.74, 6) is 1.24. The summed E-state index contributed by atoms with van der Waals surface area (Å²) >= 11 is 6.43. The number of aryl methyl sites for hydroxylation is 2. The molecule has 2 heterocycles. The SMILES string of the molecule is Cc1cc(C)c2c(c1Cl)N=C1CCCCCN1C2. The Labute approximate surface area is 114 Å². The fraction of sp³-hybridized carbons (Fsp3) is 0.533. The minimum absolute atomic E-state index is 0.840. The second-order valence-electron chi connectivity index (χ2n) is 5.41. The lowest BCUT2D eigenvalue weighted by Crippen LogP contribution is -2.32. The molecule has 96 valence electrons. The molecule has 0 aromatic heterocycles. The third-order valence-corrected chi connectivity index (χ3v) is 4.51. The van der Waals surface area contributed by atoms with Crippen molar-refractivity contribution < 1.29 is 0 Å². The normalized spacial score (nSPS) is 18.8. The van der Waals surface area contributed by atoms with Gasteiger partial charge in [0.15, 0.2) is 0 Å². The zero-order chi connectivity index (χ0) is 12.7. The van der Waals surface area contributed by atoms with Gasteiger partial charge in [0.25, 0.3) is 0 Å². The van der Waals surface area contributed by atoms with Crippen LogP contribution in [0.25, 0.3) is 0 Å². The van der Waals surface area contributed by atoms with E-state index in [0.29, 0.717) is 0 Å². The van der Waals surface area contributed by atoms with E-state index in [-0.39, 0.29) is 0 Å². The predicted molar refractivity (Wildman–Crippen MR) is 76.9 cm³/mol. The number of nitrogens with zero attached hydrogens (tertiary/aromatic N) is 2. The second kappa shape index (κ2) is 4.58. The van der Waals surface area contributed by atoms with Crippen LogP contribution in [0, 0.1) is 13.8 Å². The Balaban J connectivity index is 2.12. The standard InChI is InChI=1S/C15H19ClN2/c1-10-8-11(2)14(16)15-12(10)9-18-7-5-3-4-6-13(18)17-15/h8H,3-7,9H2,1-2H3. The van der Waals surface area contributed by atoms with E-state index in [4.69, 9.17) is 16.6 Å². The Morgan fingerprint density at radius 1 is 1.17 bits per heavy atom. The quantitative estimate of drug-likeness (QED) is 0.678. The van der Waals surface area contributed by atoms with Crippen LogP contribution in [0.3, 0.4) is 0 Å². The summed E-state index contributed by atoms with van der Waals surface area (Å²) in [6, 6.07) is 2.18. The lowest BCUT2D eigenvalue weighted by Gasteiger charge is -2.30. The van der Waals surface area contributed by atoms with Gasteiger partial charge in [-0.2, -0.15) is 0 Å². The van der Waals surface area contributed by atoms with Crippen LogP contribution in [-0.4, -0.2) is 17.3 Å². The Bertz CT molecular complexity index is 520. The number of amidine groups is 1. The molecule has 0 unspecified atom stereocenters. The molecule has 1 saturated heterocycles. The average Bonchev–Trinajstić information content (AvgIpc) is 2.59. The molecule has 0 saturated carbocycles. The first-order chi connectivity index (χ1) is 8.66. The van der Waals surface area contributed by atoms with Crippen LogP contribution in [0.5, 0.6) is 0 Å². The van der Waals surface area contributed by atoms with E-state index in [9.17, 15) is 0 Å². The fourth-order valence-corrected chi connectivity index (χ4v) is 3.17. The highest BCUT2D eigenvalue weighted by molar-refractivity contribution is 6.34. The maximum absolute atomic E-state index is 6.43. The Kier molecular flexibility index (Phi) is 3.06. The molecule has 0 bridgehead atoms. The van der Waals surface area contributed by atoms with E-state index in [2.05, 4.69) is 24.8 Å². The van der Waals surface area contributed by atoms with Crippen LogP contribution < -0.4 is 0 Å². The van der Waals surface area contributed by atoms with E-state index < -0.39 is 0 Å². The van der Waals surface area contributed by atoms with Gasteiger partial charge in [0.05, 0.1) is 10.7 Å². The van der Waals surface area contributed by atoms with E-state index in [1.54, 1.807) is 0 Å². The van der Waals surface area contributed by atoms with Crippen LogP contribution in [0.4, 0.5) is 5.69 Å². The van der Waals surface area contributed by atoms with Gasteiger partial charge in [0, 0.05) is 25.1 Å². The lowest BCUT2D eigenvalue weighted by atomic mass is 10.0. The summed E-state index contributed by atoms with van der Waals surface area (Å²) in [6.07, 6.45) is 4.96. The lowest BCUT2D eigenvalue weighted by molar-refractivity contribution is 0.402. The van der Waals surface area contributed by atoms with Gasteiger partial charge in [-0.1, -0.05) is 24.1 Å². The number of halogens is 1. The van der Waals surface area contributed by atoms with E-state index in [1.165, 1.54) is 36.2 Å². The average molecular weight is 263 g/mol. The molecule has 0 amide bonds. The second-order valence-corrected chi connectivity index (χ2v) is 5.79. The summed E-state index contributed by atoms with van der Waals surface area (Å²) in [5.41, 5.74) is 4.80.